The van der Waals surface area contributed by atoms with E-state index in [4.69, 9.17) is 4.74 Å². The normalized spacial score (nSPS) is 11.0. The van der Waals surface area contributed by atoms with E-state index in [1.54, 1.807) is 6.20 Å². The lowest BCUT2D eigenvalue weighted by Gasteiger charge is -2.08. The molecule has 0 radical (unpaired) electrons. The van der Waals surface area contributed by atoms with Crippen LogP contribution in [0.4, 0.5) is 4.39 Å². The third-order valence-corrected chi connectivity index (χ3v) is 6.45. The number of aromatic nitrogens is 2. The Bertz CT molecular complexity index is 1060. The summed E-state index contributed by atoms with van der Waals surface area (Å²) in [6, 6.07) is 13.0. The largest absolute Gasteiger partial charge is 0.419 e. The predicted octanol–water partition coefficient (Wildman–Crippen LogP) is 8.53. The van der Waals surface area contributed by atoms with Crippen molar-refractivity contribution in [2.24, 2.45) is 0 Å². The van der Waals surface area contributed by atoms with Crippen LogP contribution in [0.15, 0.2) is 54.9 Å². The summed E-state index contributed by atoms with van der Waals surface area (Å²) >= 11 is 0. The molecule has 0 unspecified atom stereocenters. The molecule has 0 amide bonds. The molecule has 3 aromatic rings. The second-order valence-electron chi connectivity index (χ2n) is 9.47. The van der Waals surface area contributed by atoms with Crippen molar-refractivity contribution >= 4 is 5.97 Å². The fraction of sp³-hybridized carbons (Fsp3) is 0.452. The van der Waals surface area contributed by atoms with Gasteiger partial charge in [0.05, 0.1) is 18.1 Å². The number of hydrogen-bond acceptors (Lipinski definition) is 4. The van der Waals surface area contributed by atoms with Crippen molar-refractivity contribution in [3.63, 3.8) is 0 Å². The molecule has 2 aromatic carbocycles. The number of carbonyl (C=O) groups excluding carboxylic acids is 1. The number of benzene rings is 2. The van der Waals surface area contributed by atoms with Gasteiger partial charge in [0.25, 0.3) is 0 Å². The maximum Gasteiger partial charge on any atom is 0.364 e. The van der Waals surface area contributed by atoms with Crippen LogP contribution in [-0.2, 0) is 12.8 Å². The van der Waals surface area contributed by atoms with Crippen LogP contribution in [0, 0.1) is 5.82 Å². The molecular formula is C31H39FN2O2. The molecule has 192 valence electrons. The molecule has 0 bridgehead atoms. The number of nitrogens with zero attached hydrogens (tertiary/aromatic N) is 2. The number of halogens is 1. The third-order valence-electron chi connectivity index (χ3n) is 6.45. The lowest BCUT2D eigenvalue weighted by atomic mass is 10.0. The second kappa shape index (κ2) is 15.1. The maximum absolute atomic E-state index is 14.6. The lowest BCUT2D eigenvalue weighted by Crippen LogP contribution is -2.12. The van der Waals surface area contributed by atoms with Crippen molar-refractivity contribution in [2.75, 3.05) is 0 Å². The Balaban J connectivity index is 1.48. The van der Waals surface area contributed by atoms with Crippen LogP contribution >= 0.6 is 0 Å². The Morgan fingerprint density at radius 1 is 0.750 bits per heavy atom. The van der Waals surface area contributed by atoms with Gasteiger partial charge in [-0.3, -0.25) is 4.98 Å². The minimum absolute atomic E-state index is 0.0423. The van der Waals surface area contributed by atoms with Crippen molar-refractivity contribution in [3.8, 4) is 17.0 Å². The molecule has 0 atom stereocenters. The minimum atomic E-state index is -0.723. The summed E-state index contributed by atoms with van der Waals surface area (Å²) in [6.45, 7) is 4.41. The first-order chi connectivity index (χ1) is 17.6. The van der Waals surface area contributed by atoms with Gasteiger partial charge in [-0.1, -0.05) is 95.5 Å². The Hall–Kier alpha value is -3.08. The lowest BCUT2D eigenvalue weighted by molar-refractivity contribution is 0.0721. The van der Waals surface area contributed by atoms with Gasteiger partial charge < -0.3 is 4.74 Å². The molecule has 0 N–H and O–H groups in total. The zero-order chi connectivity index (χ0) is 25.6. The quantitative estimate of drug-likeness (QED) is 0.122. The molecule has 1 aromatic heterocycles. The predicted molar refractivity (Wildman–Crippen MR) is 144 cm³/mol. The molecule has 0 aliphatic rings. The van der Waals surface area contributed by atoms with Gasteiger partial charge in [0.15, 0.2) is 17.3 Å². The average Bonchev–Trinajstić information content (AvgIpc) is 2.91. The van der Waals surface area contributed by atoms with E-state index in [2.05, 4.69) is 35.9 Å². The van der Waals surface area contributed by atoms with Gasteiger partial charge in [-0.15, -0.1) is 0 Å². The minimum Gasteiger partial charge on any atom is -0.419 e. The molecule has 5 heteroatoms. The van der Waals surface area contributed by atoms with Crippen LogP contribution in [0.1, 0.15) is 99.7 Å². The summed E-state index contributed by atoms with van der Waals surface area (Å²) in [5.74, 6) is -1.35. The standard InChI is InChI=1S/C31H39FN2O2/c1-3-5-7-8-9-10-11-12-14-25-17-20-30(27(32)21-25)36-31(35)29-23-33-28(22-34-29)26-18-15-24(16-19-26)13-6-4-2/h15-23H,3-14H2,1-2H3. The molecule has 0 aliphatic carbocycles. The van der Waals surface area contributed by atoms with Crippen LogP contribution in [0.2, 0.25) is 0 Å². The molecule has 4 nitrogen and oxygen atoms in total. The van der Waals surface area contributed by atoms with Crippen molar-refractivity contribution in [2.45, 2.75) is 90.9 Å². The molecule has 1 heterocycles. The number of esters is 1. The van der Waals surface area contributed by atoms with Crippen LogP contribution < -0.4 is 4.74 Å². The summed E-state index contributed by atoms with van der Waals surface area (Å²) in [6.07, 6.45) is 17.0. The zero-order valence-electron chi connectivity index (χ0n) is 21.8. The van der Waals surface area contributed by atoms with Crippen LogP contribution in [0.3, 0.4) is 0 Å². The highest BCUT2D eigenvalue weighted by atomic mass is 19.1. The summed E-state index contributed by atoms with van der Waals surface area (Å²) < 4.78 is 19.8. The van der Waals surface area contributed by atoms with E-state index in [-0.39, 0.29) is 11.4 Å². The summed E-state index contributed by atoms with van der Waals surface area (Å²) in [4.78, 5) is 21.0. The SMILES string of the molecule is CCCCCCCCCCc1ccc(OC(=O)c2cnc(-c3ccc(CCCC)cc3)cn2)c(F)c1. The summed E-state index contributed by atoms with van der Waals surface area (Å²) in [5, 5.41) is 0. The number of hydrogen-bond donors (Lipinski definition) is 0. The Morgan fingerprint density at radius 3 is 2.03 bits per heavy atom. The monoisotopic (exact) mass is 490 g/mol. The van der Waals surface area contributed by atoms with Crippen LogP contribution in [-0.4, -0.2) is 15.9 Å². The molecule has 0 saturated carbocycles. The first kappa shape index (κ1) is 27.5. The van der Waals surface area contributed by atoms with Gasteiger partial charge in [-0.2, -0.15) is 0 Å². The van der Waals surface area contributed by atoms with E-state index in [1.807, 2.05) is 18.2 Å². The highest BCUT2D eigenvalue weighted by Gasteiger charge is 2.15. The van der Waals surface area contributed by atoms with E-state index in [9.17, 15) is 9.18 Å². The zero-order valence-corrected chi connectivity index (χ0v) is 21.8. The molecule has 0 saturated heterocycles. The Morgan fingerprint density at radius 2 is 1.39 bits per heavy atom. The van der Waals surface area contributed by atoms with E-state index < -0.39 is 11.8 Å². The molecule has 0 aliphatic heterocycles. The molecule has 36 heavy (non-hydrogen) atoms. The number of carbonyl (C=O) groups is 1. The Kier molecular flexibility index (Phi) is 11.6. The number of unbranched alkanes of at least 4 members (excludes halogenated alkanes) is 8. The van der Waals surface area contributed by atoms with Gasteiger partial charge in [-0.25, -0.2) is 14.2 Å². The van der Waals surface area contributed by atoms with E-state index in [0.717, 1.165) is 43.2 Å². The van der Waals surface area contributed by atoms with Gasteiger partial charge in [0, 0.05) is 5.56 Å². The molecule has 3 rings (SSSR count). The molecule has 0 fully saturated rings. The van der Waals surface area contributed by atoms with Crippen molar-refractivity contribution in [3.05, 3.63) is 77.5 Å². The van der Waals surface area contributed by atoms with E-state index in [0.29, 0.717) is 5.69 Å². The highest BCUT2D eigenvalue weighted by Crippen LogP contribution is 2.22. The number of ether oxygens (including phenoxy) is 1. The number of aryl methyl sites for hydroxylation is 2. The maximum atomic E-state index is 14.6. The number of rotatable bonds is 15. The fourth-order valence-electron chi connectivity index (χ4n) is 4.20. The third kappa shape index (κ3) is 8.85. The summed E-state index contributed by atoms with van der Waals surface area (Å²) in [5.41, 5.74) is 3.86. The van der Waals surface area contributed by atoms with Crippen LogP contribution in [0.5, 0.6) is 5.75 Å². The van der Waals surface area contributed by atoms with Gasteiger partial charge >= 0.3 is 5.97 Å². The van der Waals surface area contributed by atoms with Crippen molar-refractivity contribution in [1.29, 1.82) is 0 Å². The van der Waals surface area contributed by atoms with E-state index in [1.165, 1.54) is 68.8 Å². The molecule has 0 spiro atoms. The van der Waals surface area contributed by atoms with Crippen molar-refractivity contribution < 1.29 is 13.9 Å². The van der Waals surface area contributed by atoms with Crippen molar-refractivity contribution in [1.82, 2.24) is 9.97 Å². The molecular weight excluding hydrogens is 451 g/mol. The topological polar surface area (TPSA) is 52.1 Å². The van der Waals surface area contributed by atoms with Crippen LogP contribution in [0.25, 0.3) is 11.3 Å². The first-order valence-electron chi connectivity index (χ1n) is 13.5. The van der Waals surface area contributed by atoms with Gasteiger partial charge in [-0.05, 0) is 48.9 Å². The fourth-order valence-corrected chi connectivity index (χ4v) is 4.20. The summed E-state index contributed by atoms with van der Waals surface area (Å²) in [7, 11) is 0. The second-order valence-corrected chi connectivity index (χ2v) is 9.47. The smallest absolute Gasteiger partial charge is 0.364 e. The van der Waals surface area contributed by atoms with Gasteiger partial charge in [0.1, 0.15) is 0 Å². The van der Waals surface area contributed by atoms with Gasteiger partial charge in [0.2, 0.25) is 0 Å². The Labute approximate surface area is 215 Å². The highest BCUT2D eigenvalue weighted by molar-refractivity contribution is 5.88. The van der Waals surface area contributed by atoms with E-state index >= 15 is 0 Å². The average molecular weight is 491 g/mol. The first-order valence-corrected chi connectivity index (χ1v) is 13.5.